The smallest absolute Gasteiger partial charge is 0.221 e. The van der Waals surface area contributed by atoms with Gasteiger partial charge in [-0.25, -0.2) is 0 Å². The second-order valence-electron chi connectivity index (χ2n) is 7.25. The van der Waals surface area contributed by atoms with Crippen LogP contribution in [0, 0.1) is 0 Å². The van der Waals surface area contributed by atoms with Gasteiger partial charge in [0.05, 0.1) is 0 Å². The molecule has 0 aromatic carbocycles. The Morgan fingerprint density at radius 2 is 1.68 bits per heavy atom. The zero-order chi connectivity index (χ0) is 15.6. The predicted octanol–water partition coefficient (Wildman–Crippen LogP) is 4.54. The molecule has 1 saturated heterocycles. The predicted molar refractivity (Wildman–Crippen MR) is 97.8 cm³/mol. The van der Waals surface area contributed by atoms with Crippen LogP contribution in [0.15, 0.2) is 0 Å². The van der Waals surface area contributed by atoms with Gasteiger partial charge in [-0.1, -0.05) is 45.4 Å². The Morgan fingerprint density at radius 3 is 2.32 bits per heavy atom. The number of unbranched alkanes of at least 4 members (excludes halogenated alkanes) is 4. The highest BCUT2D eigenvalue weighted by molar-refractivity contribution is 5.85. The molecule has 3 nitrogen and oxygen atoms in total. The van der Waals surface area contributed by atoms with E-state index in [-0.39, 0.29) is 23.9 Å². The van der Waals surface area contributed by atoms with Crippen molar-refractivity contribution in [3.8, 4) is 0 Å². The van der Waals surface area contributed by atoms with Crippen molar-refractivity contribution < 1.29 is 4.79 Å². The van der Waals surface area contributed by atoms with Crippen molar-refractivity contribution >= 4 is 18.3 Å². The summed E-state index contributed by atoms with van der Waals surface area (Å²) in [6.45, 7) is 9.84. The van der Waals surface area contributed by atoms with E-state index in [2.05, 4.69) is 31.0 Å². The molecule has 0 unspecified atom stereocenters. The van der Waals surface area contributed by atoms with Crippen molar-refractivity contribution in [3.05, 3.63) is 0 Å². The average Bonchev–Trinajstić information content (AvgIpc) is 2.45. The third kappa shape index (κ3) is 10.4. The quantitative estimate of drug-likeness (QED) is 0.596. The lowest BCUT2D eigenvalue weighted by molar-refractivity contribution is -0.123. The first-order valence-corrected chi connectivity index (χ1v) is 9.07. The molecular formula is C18H37ClN2O. The molecule has 0 saturated carbocycles. The third-order valence-electron chi connectivity index (χ3n) is 4.49. The number of piperidine rings is 1. The Balaban J connectivity index is 0.00000441. The Kier molecular flexibility index (Phi) is 12.0. The molecule has 0 radical (unpaired) electrons. The molecule has 1 rings (SSSR count). The highest BCUT2D eigenvalue weighted by Crippen LogP contribution is 2.15. The average molecular weight is 333 g/mol. The molecule has 1 amide bonds. The molecule has 1 heterocycles. The van der Waals surface area contributed by atoms with Crippen LogP contribution in [0.5, 0.6) is 0 Å². The maximum atomic E-state index is 12.1. The molecule has 0 spiro atoms. The van der Waals surface area contributed by atoms with E-state index in [0.29, 0.717) is 6.42 Å². The minimum Gasteiger partial charge on any atom is -0.351 e. The first-order chi connectivity index (χ1) is 10.0. The highest BCUT2D eigenvalue weighted by atomic mass is 35.5. The molecule has 0 bridgehead atoms. The number of halogens is 1. The Hall–Kier alpha value is -0.280. The molecular weight excluding hydrogens is 296 g/mol. The third-order valence-corrected chi connectivity index (χ3v) is 4.49. The fourth-order valence-corrected chi connectivity index (χ4v) is 3.12. The molecule has 1 N–H and O–H groups in total. The van der Waals surface area contributed by atoms with E-state index >= 15 is 0 Å². The highest BCUT2D eigenvalue weighted by Gasteiger charge is 2.20. The summed E-state index contributed by atoms with van der Waals surface area (Å²) in [6.07, 6.45) is 12.2. The van der Waals surface area contributed by atoms with Crippen molar-refractivity contribution in [2.45, 2.75) is 90.5 Å². The summed E-state index contributed by atoms with van der Waals surface area (Å²) in [7, 11) is 0. The number of nitrogens with one attached hydrogen (secondary N) is 1. The van der Waals surface area contributed by atoms with E-state index in [0.717, 1.165) is 13.0 Å². The van der Waals surface area contributed by atoms with E-state index < -0.39 is 0 Å². The van der Waals surface area contributed by atoms with Crippen molar-refractivity contribution in [3.63, 3.8) is 0 Å². The molecule has 4 heteroatoms. The molecule has 1 fully saturated rings. The lowest BCUT2D eigenvalue weighted by Crippen LogP contribution is -2.44. The second-order valence-corrected chi connectivity index (χ2v) is 7.25. The second kappa shape index (κ2) is 12.2. The standard InChI is InChI=1S/C18H36N2O.ClH/c1-4-5-6-7-9-13-18(2,3)19-17(21)12-16-20-14-10-8-11-15-20;/h4-16H2,1-3H3,(H,19,21);1H. The monoisotopic (exact) mass is 332 g/mol. The van der Waals surface area contributed by atoms with Crippen molar-refractivity contribution in [2.75, 3.05) is 19.6 Å². The van der Waals surface area contributed by atoms with E-state index in [1.54, 1.807) is 0 Å². The molecule has 0 aliphatic carbocycles. The van der Waals surface area contributed by atoms with Gasteiger partial charge in [-0.3, -0.25) is 4.79 Å². The summed E-state index contributed by atoms with van der Waals surface area (Å²) in [5.41, 5.74) is -0.0504. The van der Waals surface area contributed by atoms with Gasteiger partial charge < -0.3 is 10.2 Å². The molecule has 0 atom stereocenters. The van der Waals surface area contributed by atoms with Crippen LogP contribution >= 0.6 is 12.4 Å². The molecule has 1 aliphatic heterocycles. The van der Waals surface area contributed by atoms with Gasteiger partial charge in [0.25, 0.3) is 0 Å². The summed E-state index contributed by atoms with van der Waals surface area (Å²) in [5.74, 6) is 0.221. The fraction of sp³-hybridized carbons (Fsp3) is 0.944. The molecule has 1 aliphatic rings. The SMILES string of the molecule is CCCCCCCC(C)(C)NC(=O)CCN1CCCCC1.Cl. The van der Waals surface area contributed by atoms with Crippen molar-refractivity contribution in [2.24, 2.45) is 0 Å². The molecule has 0 aromatic heterocycles. The van der Waals surface area contributed by atoms with Crippen LogP contribution in [0.25, 0.3) is 0 Å². The van der Waals surface area contributed by atoms with Gasteiger partial charge in [0.15, 0.2) is 0 Å². The number of hydrogen-bond donors (Lipinski definition) is 1. The first kappa shape index (κ1) is 21.7. The summed E-state index contributed by atoms with van der Waals surface area (Å²) in [5, 5.41) is 3.22. The van der Waals surface area contributed by atoms with Crippen LogP contribution < -0.4 is 5.32 Å². The van der Waals surface area contributed by atoms with Gasteiger partial charge in [-0.05, 0) is 46.2 Å². The number of amides is 1. The number of nitrogens with zero attached hydrogens (tertiary/aromatic N) is 1. The number of hydrogen-bond acceptors (Lipinski definition) is 2. The van der Waals surface area contributed by atoms with Crippen LogP contribution in [0.4, 0.5) is 0 Å². The van der Waals surface area contributed by atoms with Crippen LogP contribution in [0.2, 0.25) is 0 Å². The Morgan fingerprint density at radius 1 is 1.05 bits per heavy atom. The van der Waals surface area contributed by atoms with Gasteiger partial charge in [0, 0.05) is 18.5 Å². The lowest BCUT2D eigenvalue weighted by atomic mass is 9.96. The normalized spacial score (nSPS) is 16.1. The zero-order valence-corrected chi connectivity index (χ0v) is 15.8. The maximum Gasteiger partial charge on any atom is 0.221 e. The Labute approximate surface area is 144 Å². The number of rotatable bonds is 10. The van der Waals surface area contributed by atoms with Gasteiger partial charge in [-0.2, -0.15) is 0 Å². The van der Waals surface area contributed by atoms with Crippen LogP contribution in [0.3, 0.4) is 0 Å². The van der Waals surface area contributed by atoms with Crippen LogP contribution in [0.1, 0.15) is 85.0 Å². The van der Waals surface area contributed by atoms with Crippen LogP contribution in [-0.4, -0.2) is 36.0 Å². The van der Waals surface area contributed by atoms with E-state index in [1.165, 1.54) is 64.5 Å². The first-order valence-electron chi connectivity index (χ1n) is 9.07. The number of likely N-dealkylation sites (tertiary alicyclic amines) is 1. The number of carbonyl (C=O) groups is 1. The largest absolute Gasteiger partial charge is 0.351 e. The van der Waals surface area contributed by atoms with Gasteiger partial charge >= 0.3 is 0 Å². The molecule has 0 aromatic rings. The van der Waals surface area contributed by atoms with E-state index in [4.69, 9.17) is 0 Å². The van der Waals surface area contributed by atoms with Gasteiger partial charge in [-0.15, -0.1) is 12.4 Å². The summed E-state index contributed by atoms with van der Waals surface area (Å²) < 4.78 is 0. The summed E-state index contributed by atoms with van der Waals surface area (Å²) >= 11 is 0. The zero-order valence-electron chi connectivity index (χ0n) is 15.0. The minimum absolute atomic E-state index is 0. The van der Waals surface area contributed by atoms with Gasteiger partial charge in [0.1, 0.15) is 0 Å². The lowest BCUT2D eigenvalue weighted by Gasteiger charge is -2.29. The van der Waals surface area contributed by atoms with E-state index in [1.807, 2.05) is 0 Å². The molecule has 132 valence electrons. The van der Waals surface area contributed by atoms with Crippen molar-refractivity contribution in [1.29, 1.82) is 0 Å². The maximum absolute atomic E-state index is 12.1. The van der Waals surface area contributed by atoms with Crippen molar-refractivity contribution in [1.82, 2.24) is 10.2 Å². The van der Waals surface area contributed by atoms with E-state index in [9.17, 15) is 4.79 Å². The number of carbonyl (C=O) groups excluding carboxylic acids is 1. The van der Waals surface area contributed by atoms with Gasteiger partial charge in [0.2, 0.25) is 5.91 Å². The topological polar surface area (TPSA) is 32.3 Å². The molecule has 22 heavy (non-hydrogen) atoms. The Bertz CT molecular complexity index is 289. The minimum atomic E-state index is -0.0504. The van der Waals surface area contributed by atoms with Crippen LogP contribution in [-0.2, 0) is 4.79 Å². The summed E-state index contributed by atoms with van der Waals surface area (Å²) in [6, 6.07) is 0. The summed E-state index contributed by atoms with van der Waals surface area (Å²) in [4.78, 5) is 14.5. The fourth-order valence-electron chi connectivity index (χ4n) is 3.12.